The van der Waals surface area contributed by atoms with Gasteiger partial charge in [0.05, 0.1) is 17.2 Å². The van der Waals surface area contributed by atoms with Gasteiger partial charge >= 0.3 is 5.97 Å². The van der Waals surface area contributed by atoms with E-state index >= 15 is 0 Å². The molecule has 0 heterocycles. The molecule has 0 spiro atoms. The summed E-state index contributed by atoms with van der Waals surface area (Å²) < 4.78 is 5.22. The van der Waals surface area contributed by atoms with E-state index in [9.17, 15) is 4.79 Å². The van der Waals surface area contributed by atoms with E-state index in [4.69, 9.17) is 10.00 Å². The first-order chi connectivity index (χ1) is 9.22. The van der Waals surface area contributed by atoms with Gasteiger partial charge in [0.1, 0.15) is 5.75 Å². The molecule has 0 aliphatic carbocycles. The van der Waals surface area contributed by atoms with Crippen LogP contribution in [0.2, 0.25) is 0 Å². The molecule has 0 unspecified atom stereocenters. The predicted molar refractivity (Wildman–Crippen MR) is 74.3 cm³/mol. The first kappa shape index (κ1) is 13.2. The van der Waals surface area contributed by atoms with Gasteiger partial charge in [-0.3, -0.25) is 0 Å². The topological polar surface area (TPSA) is 50.1 Å². The van der Waals surface area contributed by atoms with Crippen molar-refractivity contribution in [3.63, 3.8) is 0 Å². The molecule has 0 fully saturated rings. The van der Waals surface area contributed by atoms with Crippen LogP contribution >= 0.6 is 11.8 Å². The van der Waals surface area contributed by atoms with Crippen molar-refractivity contribution in [1.29, 1.82) is 5.26 Å². The van der Waals surface area contributed by atoms with Crippen LogP contribution in [0.5, 0.6) is 5.75 Å². The van der Waals surface area contributed by atoms with Crippen LogP contribution in [0.4, 0.5) is 0 Å². The van der Waals surface area contributed by atoms with Gasteiger partial charge < -0.3 is 4.74 Å². The lowest BCUT2D eigenvalue weighted by atomic mass is 10.2. The number of rotatable bonds is 3. The van der Waals surface area contributed by atoms with Crippen molar-refractivity contribution >= 4 is 17.7 Å². The molecule has 0 aromatic heterocycles. The van der Waals surface area contributed by atoms with E-state index in [-0.39, 0.29) is 0 Å². The van der Waals surface area contributed by atoms with Crippen molar-refractivity contribution in [2.45, 2.75) is 4.90 Å². The first-order valence-electron chi connectivity index (χ1n) is 5.59. The third-order valence-electron chi connectivity index (χ3n) is 2.50. The zero-order valence-electron chi connectivity index (χ0n) is 10.3. The van der Waals surface area contributed by atoms with E-state index in [1.54, 1.807) is 42.1 Å². The molecule has 0 atom stereocenters. The molecule has 94 valence electrons. The number of benzene rings is 2. The second kappa shape index (κ2) is 6.07. The Morgan fingerprint density at radius 2 is 1.95 bits per heavy atom. The average Bonchev–Trinajstić information content (AvgIpc) is 2.47. The Hall–Kier alpha value is -2.25. The molecule has 4 heteroatoms. The Bertz CT molecular complexity index is 629. The molecule has 3 nitrogen and oxygen atoms in total. The summed E-state index contributed by atoms with van der Waals surface area (Å²) in [6, 6.07) is 15.7. The highest BCUT2D eigenvalue weighted by atomic mass is 32.2. The van der Waals surface area contributed by atoms with Crippen molar-refractivity contribution in [2.75, 3.05) is 6.26 Å². The van der Waals surface area contributed by atoms with Crippen LogP contribution in [-0.2, 0) is 0 Å². The van der Waals surface area contributed by atoms with Gasteiger partial charge in [-0.15, -0.1) is 11.8 Å². The highest BCUT2D eigenvalue weighted by molar-refractivity contribution is 7.98. The van der Waals surface area contributed by atoms with Gasteiger partial charge in [-0.1, -0.05) is 6.07 Å². The Labute approximate surface area is 115 Å². The minimum atomic E-state index is -0.428. The maximum atomic E-state index is 11.9. The summed E-state index contributed by atoms with van der Waals surface area (Å²) >= 11 is 1.61. The van der Waals surface area contributed by atoms with Crippen molar-refractivity contribution in [3.05, 3.63) is 59.7 Å². The maximum absolute atomic E-state index is 11.9. The molecule has 2 rings (SSSR count). The van der Waals surface area contributed by atoms with Gasteiger partial charge in [0.15, 0.2) is 0 Å². The average molecular weight is 269 g/mol. The number of nitriles is 1. The first-order valence-corrected chi connectivity index (χ1v) is 6.82. The summed E-state index contributed by atoms with van der Waals surface area (Å²) in [5.74, 6) is -0.0549. The molecule has 2 aromatic carbocycles. The number of carbonyl (C=O) groups is 1. The Morgan fingerprint density at radius 1 is 1.21 bits per heavy atom. The van der Waals surface area contributed by atoms with E-state index in [0.29, 0.717) is 16.9 Å². The fourth-order valence-corrected chi connectivity index (χ4v) is 1.93. The van der Waals surface area contributed by atoms with E-state index in [2.05, 4.69) is 0 Å². The van der Waals surface area contributed by atoms with E-state index in [1.807, 2.05) is 24.5 Å². The summed E-state index contributed by atoms with van der Waals surface area (Å²) in [6.07, 6.45) is 1.97. The highest BCUT2D eigenvalue weighted by Gasteiger charge is 2.08. The molecule has 0 aliphatic rings. The fourth-order valence-electron chi connectivity index (χ4n) is 1.52. The van der Waals surface area contributed by atoms with Crippen LogP contribution < -0.4 is 4.74 Å². The van der Waals surface area contributed by atoms with Gasteiger partial charge in [0.25, 0.3) is 0 Å². The second-order valence-electron chi connectivity index (χ2n) is 3.76. The molecule has 0 bridgehead atoms. The van der Waals surface area contributed by atoms with Crippen molar-refractivity contribution < 1.29 is 9.53 Å². The summed E-state index contributed by atoms with van der Waals surface area (Å²) in [4.78, 5) is 13.0. The molecule has 0 saturated carbocycles. The van der Waals surface area contributed by atoms with Gasteiger partial charge in [-0.05, 0) is 48.7 Å². The Morgan fingerprint density at radius 3 is 2.58 bits per heavy atom. The number of thioether (sulfide) groups is 1. The van der Waals surface area contributed by atoms with Gasteiger partial charge in [-0.2, -0.15) is 5.26 Å². The van der Waals surface area contributed by atoms with Crippen LogP contribution in [0.25, 0.3) is 0 Å². The minimum Gasteiger partial charge on any atom is -0.423 e. The summed E-state index contributed by atoms with van der Waals surface area (Å²) in [6.45, 7) is 0. The molecule has 2 aromatic rings. The number of hydrogen-bond donors (Lipinski definition) is 0. The van der Waals surface area contributed by atoms with Crippen molar-refractivity contribution in [2.24, 2.45) is 0 Å². The van der Waals surface area contributed by atoms with E-state index in [0.717, 1.165) is 4.90 Å². The lowest BCUT2D eigenvalue weighted by molar-refractivity contribution is 0.0734. The SMILES string of the molecule is CSc1ccc(C(=O)Oc2cccc(C#N)c2)cc1. The molecule has 19 heavy (non-hydrogen) atoms. The van der Waals surface area contributed by atoms with Crippen LogP contribution in [0.3, 0.4) is 0 Å². The monoisotopic (exact) mass is 269 g/mol. The van der Waals surface area contributed by atoms with E-state index in [1.165, 1.54) is 6.07 Å². The van der Waals surface area contributed by atoms with Crippen LogP contribution in [0.1, 0.15) is 15.9 Å². The van der Waals surface area contributed by atoms with Gasteiger partial charge in [-0.25, -0.2) is 4.79 Å². The molecular formula is C15H11NO2S. The van der Waals surface area contributed by atoms with Gasteiger partial charge in [0.2, 0.25) is 0 Å². The largest absolute Gasteiger partial charge is 0.423 e. The second-order valence-corrected chi connectivity index (χ2v) is 4.64. The molecular weight excluding hydrogens is 258 g/mol. The standard InChI is InChI=1S/C15H11NO2S/c1-19-14-7-5-12(6-8-14)15(17)18-13-4-2-3-11(9-13)10-16/h2-9H,1H3. The summed E-state index contributed by atoms with van der Waals surface area (Å²) in [7, 11) is 0. The maximum Gasteiger partial charge on any atom is 0.343 e. The molecule has 0 saturated heterocycles. The van der Waals surface area contributed by atoms with Gasteiger partial charge in [0, 0.05) is 4.90 Å². The minimum absolute atomic E-state index is 0.373. The number of hydrogen-bond acceptors (Lipinski definition) is 4. The third-order valence-corrected chi connectivity index (χ3v) is 3.24. The lowest BCUT2D eigenvalue weighted by Crippen LogP contribution is -2.08. The van der Waals surface area contributed by atoms with Crippen molar-refractivity contribution in [1.82, 2.24) is 0 Å². The summed E-state index contributed by atoms with van der Waals surface area (Å²) in [5, 5.41) is 8.78. The number of esters is 1. The predicted octanol–water partition coefficient (Wildman–Crippen LogP) is 3.50. The number of ether oxygens (including phenoxy) is 1. The molecule has 0 aliphatic heterocycles. The smallest absolute Gasteiger partial charge is 0.343 e. The lowest BCUT2D eigenvalue weighted by Gasteiger charge is -2.05. The quantitative estimate of drug-likeness (QED) is 0.486. The normalized spacial score (nSPS) is 9.68. The Kier molecular flexibility index (Phi) is 4.22. The van der Waals surface area contributed by atoms with E-state index < -0.39 is 5.97 Å². The van der Waals surface area contributed by atoms with Crippen molar-refractivity contribution in [3.8, 4) is 11.8 Å². The Balaban J connectivity index is 2.13. The zero-order chi connectivity index (χ0) is 13.7. The zero-order valence-corrected chi connectivity index (χ0v) is 11.1. The van der Waals surface area contributed by atoms with Crippen LogP contribution in [-0.4, -0.2) is 12.2 Å². The number of carbonyl (C=O) groups excluding carboxylic acids is 1. The fraction of sp³-hybridized carbons (Fsp3) is 0.0667. The molecule has 0 N–H and O–H groups in total. The van der Waals surface area contributed by atoms with Crippen LogP contribution in [0.15, 0.2) is 53.4 Å². The number of nitrogens with zero attached hydrogens (tertiary/aromatic N) is 1. The highest BCUT2D eigenvalue weighted by Crippen LogP contribution is 2.17. The third kappa shape index (κ3) is 3.36. The summed E-state index contributed by atoms with van der Waals surface area (Å²) in [5.41, 5.74) is 0.947. The van der Waals surface area contributed by atoms with Crippen LogP contribution in [0, 0.1) is 11.3 Å². The molecule has 0 radical (unpaired) electrons. The molecule has 0 amide bonds.